The summed E-state index contributed by atoms with van der Waals surface area (Å²) in [5, 5.41) is 9.67. The molecule has 0 aliphatic carbocycles. The lowest BCUT2D eigenvalue weighted by atomic mass is 10.1. The Morgan fingerprint density at radius 3 is 2.44 bits per heavy atom. The Morgan fingerprint density at radius 2 is 1.73 bits per heavy atom. The molecule has 2 fully saturated rings. The van der Waals surface area contributed by atoms with E-state index in [0.717, 1.165) is 17.2 Å². The Kier molecular flexibility index (Phi) is 8.95. The van der Waals surface area contributed by atoms with Gasteiger partial charge in [-0.1, -0.05) is 0 Å². The normalized spacial score (nSPS) is 30.3. The summed E-state index contributed by atoms with van der Waals surface area (Å²) in [6.07, 6.45) is -9.40. The minimum atomic E-state index is -4.30. The molecule has 2 unspecified atom stereocenters. The molecule has 0 radical (unpaired) electrons. The fraction of sp³-hybridized carbons (Fsp3) is 0.500. The first-order chi connectivity index (χ1) is 21.4. The molecule has 0 spiro atoms. The van der Waals surface area contributed by atoms with Gasteiger partial charge in [0.2, 0.25) is 5.95 Å². The van der Waals surface area contributed by atoms with E-state index in [9.17, 15) is 19.4 Å². The van der Waals surface area contributed by atoms with Crippen LogP contribution < -0.4 is 17.0 Å². The average Bonchev–Trinajstić information content (AvgIpc) is 3.73. The summed E-state index contributed by atoms with van der Waals surface area (Å²) in [6, 6.07) is 0. The van der Waals surface area contributed by atoms with Crippen molar-refractivity contribution in [1.82, 2.24) is 39.0 Å². The molecule has 4 aromatic rings. The fourth-order valence-electron chi connectivity index (χ4n) is 5.01. The maximum absolute atomic E-state index is 15.7. The Hall–Kier alpha value is -2.69. The molecule has 6 rings (SSSR count). The second kappa shape index (κ2) is 12.5. The lowest BCUT2D eigenvalue weighted by Crippen LogP contribution is -2.34. The van der Waals surface area contributed by atoms with Crippen LogP contribution in [0.15, 0.2) is 23.8 Å². The number of thiol groups is 2. The third kappa shape index (κ3) is 6.10. The Labute approximate surface area is 261 Å². The number of rotatable bonds is 10. The van der Waals surface area contributed by atoms with E-state index < -0.39 is 82.4 Å². The molecule has 0 amide bonds. The second-order valence-electron chi connectivity index (χ2n) is 9.72. The van der Waals surface area contributed by atoms with E-state index in [0.29, 0.717) is 0 Å². The number of nitrogens with two attached hydrogens (primary N) is 2. The number of fused-ring (bicyclic) bond motifs is 2. The van der Waals surface area contributed by atoms with E-state index in [2.05, 4.69) is 54.4 Å². The van der Waals surface area contributed by atoms with Gasteiger partial charge in [0.15, 0.2) is 59.6 Å². The standard InChI is InChI=1S/C20H22F2N10O9P2S2/c21-8-6(1-33)38-19(32-5-28-11-16(32)29-20(24)30-17(11)34)13(8)41-43(36,45)37-2-7-12(40-42(35)44)9(22)18(39-7)31-4-27-10-14(23)25-3-26-15(10)31/h3-9,12-13,18-19,33,36,45H,1-2H2,(H4-2,23,24,25,26,29,30,34,35,44)/p+2/t6-,7-,8+,9+,12+,13+,18-,19-,43?/m1/s1. The van der Waals surface area contributed by atoms with Gasteiger partial charge in [0, 0.05) is 0 Å². The van der Waals surface area contributed by atoms with E-state index in [-0.39, 0.29) is 34.1 Å². The van der Waals surface area contributed by atoms with Crippen LogP contribution in [0.1, 0.15) is 12.5 Å². The van der Waals surface area contributed by atoms with E-state index >= 15 is 8.78 Å². The van der Waals surface area contributed by atoms with Crippen molar-refractivity contribution in [2.45, 2.75) is 49.2 Å². The molecule has 7 N–H and O–H groups in total. The van der Waals surface area contributed by atoms with Crippen LogP contribution in [0, 0.1) is 0 Å². The van der Waals surface area contributed by atoms with Crippen molar-refractivity contribution in [1.29, 1.82) is 0 Å². The minimum Gasteiger partial charge on any atom is -0.394 e. The molecule has 0 aromatic carbocycles. The highest BCUT2D eigenvalue weighted by molar-refractivity contribution is 8.47. The maximum Gasteiger partial charge on any atom is 0.582 e. The van der Waals surface area contributed by atoms with Crippen molar-refractivity contribution in [2.75, 3.05) is 24.7 Å². The quantitative estimate of drug-likeness (QED) is 0.0875. The molecular formula is C20H24F2N10O9P2S2+2. The maximum atomic E-state index is 15.7. The molecule has 0 bridgehead atoms. The summed E-state index contributed by atoms with van der Waals surface area (Å²) >= 11 is 7.76. The van der Waals surface area contributed by atoms with Crippen LogP contribution in [0.25, 0.3) is 22.3 Å². The number of aliphatic hydroxyl groups is 1. The number of nitrogens with zero attached hydrogens (tertiary/aromatic N) is 7. The van der Waals surface area contributed by atoms with Crippen LogP contribution in [0.2, 0.25) is 0 Å². The van der Waals surface area contributed by atoms with Gasteiger partial charge in [0.25, 0.3) is 5.56 Å². The zero-order chi connectivity index (χ0) is 32.2. The number of anilines is 2. The van der Waals surface area contributed by atoms with Gasteiger partial charge < -0.3 is 26.0 Å². The summed E-state index contributed by atoms with van der Waals surface area (Å²) < 4.78 is 72.9. The lowest BCUT2D eigenvalue weighted by Gasteiger charge is -2.22. The van der Waals surface area contributed by atoms with Gasteiger partial charge in [0.05, 0.1) is 31.5 Å². The molecule has 2 saturated heterocycles. The lowest BCUT2D eigenvalue weighted by molar-refractivity contribution is -0.0543. The summed E-state index contributed by atoms with van der Waals surface area (Å²) in [5.41, 5.74) is 10.9. The van der Waals surface area contributed by atoms with E-state index in [1.54, 1.807) is 0 Å². The number of imidazole rings is 2. The van der Waals surface area contributed by atoms with E-state index in [1.807, 2.05) is 0 Å². The Bertz CT molecular complexity index is 1800. The number of ether oxygens (including phenoxy) is 2. The number of nitrogens with one attached hydrogen (secondary N) is 1. The highest BCUT2D eigenvalue weighted by Gasteiger charge is 2.57. The molecule has 242 valence electrons. The van der Waals surface area contributed by atoms with Gasteiger partial charge in [0.1, 0.15) is 42.9 Å². The number of nitrogen functional groups attached to an aromatic ring is 2. The molecular weight excluding hydrogens is 688 g/mol. The van der Waals surface area contributed by atoms with Gasteiger partial charge in [-0.15, -0.1) is 4.52 Å². The van der Waals surface area contributed by atoms with Crippen LogP contribution in [0.4, 0.5) is 20.5 Å². The predicted octanol–water partition coefficient (Wildman–Crippen LogP) is 0.561. The monoisotopic (exact) mass is 712 g/mol. The first-order valence-corrected chi connectivity index (χ1v) is 17.8. The van der Waals surface area contributed by atoms with Crippen molar-refractivity contribution in [3.05, 3.63) is 29.3 Å². The van der Waals surface area contributed by atoms with Gasteiger partial charge in [-0.2, -0.15) is 18.9 Å². The van der Waals surface area contributed by atoms with Gasteiger partial charge in [-0.05, 0) is 4.57 Å². The molecule has 25 heteroatoms. The van der Waals surface area contributed by atoms with Crippen molar-refractivity contribution in [2.24, 2.45) is 0 Å². The third-order valence-electron chi connectivity index (χ3n) is 6.98. The van der Waals surface area contributed by atoms with Crippen LogP contribution in [0.5, 0.6) is 0 Å². The van der Waals surface area contributed by atoms with Crippen molar-refractivity contribution in [3.8, 4) is 0 Å². The third-order valence-corrected chi connectivity index (χ3v) is 9.31. The highest BCUT2D eigenvalue weighted by Crippen LogP contribution is 2.64. The number of aromatic nitrogens is 8. The molecule has 10 atom stereocenters. The summed E-state index contributed by atoms with van der Waals surface area (Å²) in [4.78, 5) is 45.4. The molecule has 19 nitrogen and oxygen atoms in total. The first kappa shape index (κ1) is 32.3. The van der Waals surface area contributed by atoms with Gasteiger partial charge in [-0.3, -0.25) is 18.9 Å². The molecule has 6 heterocycles. The van der Waals surface area contributed by atoms with Crippen molar-refractivity contribution in [3.63, 3.8) is 0 Å². The molecule has 4 aromatic heterocycles. The number of halogens is 2. The number of H-pyrrole nitrogens is 1. The van der Waals surface area contributed by atoms with Crippen LogP contribution in [-0.2, 0) is 27.6 Å². The minimum absolute atomic E-state index is 0.0407. The summed E-state index contributed by atoms with van der Waals surface area (Å²) in [6.45, 7) is -1.43. The number of alkyl halides is 2. The van der Waals surface area contributed by atoms with Crippen LogP contribution in [0.3, 0.4) is 0 Å². The van der Waals surface area contributed by atoms with Gasteiger partial charge in [-0.25, -0.2) is 28.7 Å². The Balaban J connectivity index is 1.22. The predicted molar refractivity (Wildman–Crippen MR) is 157 cm³/mol. The zero-order valence-corrected chi connectivity index (χ0v) is 25.9. The molecule has 45 heavy (non-hydrogen) atoms. The highest BCUT2D eigenvalue weighted by atomic mass is 32.7. The number of hydrogen-bond acceptors (Lipinski definition) is 17. The fourth-order valence-corrected chi connectivity index (χ4v) is 7.26. The topological polar surface area (TPSA) is 263 Å². The molecule has 0 saturated carbocycles. The molecule has 2 aliphatic rings. The van der Waals surface area contributed by atoms with Crippen molar-refractivity contribution < 1.29 is 46.4 Å². The first-order valence-electron chi connectivity index (χ1n) is 12.7. The molecule has 2 aliphatic heterocycles. The number of aromatic amines is 1. The van der Waals surface area contributed by atoms with Crippen LogP contribution >= 0.6 is 38.9 Å². The SMILES string of the molecule is Nc1nc2c(ncn2[C@@H]2O[C@H](CO)[C@H](F)[C@@H]2O[P+](O)(S)OC[C@H]2O[C@@H](n3cnc4c(N)ncnc43)[C@@H](F)[C@H]2O[P+](=O)S)c(=O)[nH]1. The number of aliphatic hydroxyl groups excluding tert-OH is 1. The second-order valence-corrected chi connectivity index (χ2v) is 14.4. The summed E-state index contributed by atoms with van der Waals surface area (Å²) in [7, 11) is -6.94. The van der Waals surface area contributed by atoms with E-state index in [1.165, 1.54) is 10.9 Å². The largest absolute Gasteiger partial charge is 0.582 e. The average molecular weight is 713 g/mol. The number of hydrogen-bond donors (Lipinski definition) is 7. The Morgan fingerprint density at radius 1 is 1.04 bits per heavy atom. The van der Waals surface area contributed by atoms with Crippen molar-refractivity contribution >= 4 is 73.0 Å². The zero-order valence-electron chi connectivity index (χ0n) is 22.3. The van der Waals surface area contributed by atoms with Crippen LogP contribution in [-0.4, -0.2) is 99.0 Å². The van der Waals surface area contributed by atoms with Gasteiger partial charge >= 0.3 is 14.4 Å². The smallest absolute Gasteiger partial charge is 0.394 e. The van der Waals surface area contributed by atoms with E-state index in [4.69, 9.17) is 34.5 Å². The summed E-state index contributed by atoms with van der Waals surface area (Å²) in [5.74, 6) is -0.221.